The molecule has 0 aromatic heterocycles. The van der Waals surface area contributed by atoms with Crippen LogP contribution in [0, 0.1) is 0 Å². The van der Waals surface area contributed by atoms with E-state index in [4.69, 9.17) is 18.6 Å². The quantitative estimate of drug-likeness (QED) is 0.0603. The summed E-state index contributed by atoms with van der Waals surface area (Å²) in [7, 11) is -2.03. The zero-order chi connectivity index (χ0) is 29.0. The summed E-state index contributed by atoms with van der Waals surface area (Å²) in [6.45, 7) is 16.8. The highest BCUT2D eigenvalue weighted by atomic mass is 127. The molecule has 0 saturated carbocycles. The Morgan fingerprint density at radius 3 is 2.28 bits per heavy atom. The minimum atomic E-state index is -2.03. The van der Waals surface area contributed by atoms with Gasteiger partial charge in [0.25, 0.3) is 0 Å². The summed E-state index contributed by atoms with van der Waals surface area (Å²) in [5, 5.41) is 11.0. The van der Waals surface area contributed by atoms with Crippen LogP contribution < -0.4 is 0 Å². The van der Waals surface area contributed by atoms with Gasteiger partial charge in [-0.2, -0.15) is 0 Å². The Balaban J connectivity index is 1.86. The zero-order valence-corrected chi connectivity index (χ0v) is 28.4. The molecule has 2 unspecified atom stereocenters. The molecule has 224 valence electrons. The van der Waals surface area contributed by atoms with Crippen LogP contribution in [0.1, 0.15) is 92.6 Å². The maximum atomic E-state index is 11.7. The van der Waals surface area contributed by atoms with E-state index in [0.717, 1.165) is 25.7 Å². The average Bonchev–Trinajstić information content (AvgIpc) is 2.86. The Bertz CT molecular complexity index is 799. The van der Waals surface area contributed by atoms with Crippen molar-refractivity contribution in [2.75, 3.05) is 13.2 Å². The number of unbranched alkanes of at least 4 members (excludes halogenated alkanes) is 1. The second kappa shape index (κ2) is 17.4. The first-order valence-corrected chi connectivity index (χ1v) is 18.2. The fourth-order valence-electron chi connectivity index (χ4n) is 6.32. The van der Waals surface area contributed by atoms with E-state index in [1.807, 2.05) is 18.2 Å². The lowest BCUT2D eigenvalue weighted by molar-refractivity contribution is -0.160. The molecule has 0 aliphatic carbocycles. The lowest BCUT2D eigenvalue weighted by Crippen LogP contribution is -2.49. The van der Waals surface area contributed by atoms with Crippen LogP contribution in [-0.4, -0.2) is 60.9 Å². The van der Waals surface area contributed by atoms with Crippen LogP contribution in [-0.2, 0) is 30.0 Å². The van der Waals surface area contributed by atoms with Crippen molar-refractivity contribution in [1.29, 1.82) is 0 Å². The van der Waals surface area contributed by atoms with E-state index in [-0.39, 0.29) is 28.2 Å². The first-order valence-electron chi connectivity index (χ1n) is 14.9. The number of aliphatic hydroxyl groups is 1. The Morgan fingerprint density at radius 1 is 1.05 bits per heavy atom. The lowest BCUT2D eigenvalue weighted by Gasteiger charge is -2.43. The van der Waals surface area contributed by atoms with E-state index >= 15 is 0 Å². The highest BCUT2D eigenvalue weighted by Crippen LogP contribution is 2.42. The maximum Gasteiger partial charge on any atom is 0.302 e. The predicted octanol–water partition coefficient (Wildman–Crippen LogP) is 7.60. The van der Waals surface area contributed by atoms with Crippen molar-refractivity contribution >= 4 is 36.9 Å². The predicted molar refractivity (Wildman–Crippen MR) is 169 cm³/mol. The summed E-state index contributed by atoms with van der Waals surface area (Å²) in [5.41, 5.74) is 2.63. The van der Waals surface area contributed by atoms with Gasteiger partial charge in [-0.15, -0.1) is 0 Å². The minimum Gasteiger partial charge on any atom is -0.462 e. The van der Waals surface area contributed by atoms with Crippen LogP contribution in [0.25, 0.3) is 0 Å². The molecular weight excluding hydrogens is 623 g/mol. The molecule has 8 heteroatoms. The van der Waals surface area contributed by atoms with Crippen molar-refractivity contribution < 1.29 is 28.5 Å². The van der Waals surface area contributed by atoms with Gasteiger partial charge in [-0.1, -0.05) is 94.5 Å². The maximum absolute atomic E-state index is 11.7. The zero-order valence-electron chi connectivity index (χ0n) is 25.2. The molecule has 2 rings (SSSR count). The van der Waals surface area contributed by atoms with E-state index in [1.54, 1.807) is 0 Å². The van der Waals surface area contributed by atoms with Gasteiger partial charge < -0.3 is 23.7 Å². The molecule has 1 aliphatic heterocycles. The molecule has 1 saturated heterocycles. The second-order valence-corrected chi connectivity index (χ2v) is 19.1. The SMILES string of the molecule is CC(=O)O[C@@H]1CC(C(I)C[C@H](O)CO[Si](C(C)C)(C(C)C)C(C)C)O[C@@H](CCCCOCc2ccccc2)C1. The van der Waals surface area contributed by atoms with Gasteiger partial charge in [-0.05, 0) is 47.9 Å². The minimum absolute atomic E-state index is 0.0377. The molecule has 0 amide bonds. The summed E-state index contributed by atoms with van der Waals surface area (Å²) in [6, 6.07) is 10.2. The number of benzene rings is 1. The topological polar surface area (TPSA) is 74.2 Å². The molecule has 1 aromatic rings. The third-order valence-corrected chi connectivity index (χ3v) is 15.4. The van der Waals surface area contributed by atoms with Crippen LogP contribution in [0.5, 0.6) is 0 Å². The monoisotopic (exact) mass is 676 g/mol. The molecule has 1 aliphatic rings. The van der Waals surface area contributed by atoms with Gasteiger partial charge in [0.1, 0.15) is 6.10 Å². The van der Waals surface area contributed by atoms with Gasteiger partial charge >= 0.3 is 5.97 Å². The summed E-state index contributed by atoms with van der Waals surface area (Å²) < 4.78 is 24.7. The van der Waals surface area contributed by atoms with Crippen molar-refractivity contribution in [3.63, 3.8) is 0 Å². The van der Waals surface area contributed by atoms with Gasteiger partial charge in [0.15, 0.2) is 8.32 Å². The Hall–Kier alpha value is -0.523. The largest absolute Gasteiger partial charge is 0.462 e. The van der Waals surface area contributed by atoms with Gasteiger partial charge in [0.2, 0.25) is 0 Å². The van der Waals surface area contributed by atoms with Crippen LogP contribution in [0.4, 0.5) is 0 Å². The average molecular weight is 677 g/mol. The fourth-order valence-corrected chi connectivity index (χ4v) is 12.8. The third-order valence-electron chi connectivity index (χ3n) is 8.03. The van der Waals surface area contributed by atoms with E-state index in [0.29, 0.717) is 49.3 Å². The molecule has 5 atom stereocenters. The summed E-state index contributed by atoms with van der Waals surface area (Å²) in [4.78, 5) is 11.7. The standard InChI is InChI=1S/C31H53IO6Si/c1-22(2)39(23(3)4,24(5)6)36-21-27(34)17-30(32)31-19-29(37-25(7)33)18-28(38-31)15-11-12-16-35-20-26-13-9-8-10-14-26/h8-10,13-14,22-24,27-31,34H,11-12,15-21H2,1-7H3/t27-,28-,29-,30?,31?/m0/s1. The van der Waals surface area contributed by atoms with Gasteiger partial charge in [-0.3, -0.25) is 4.79 Å². The summed E-state index contributed by atoms with van der Waals surface area (Å²) in [6.07, 6.45) is 4.12. The first-order chi connectivity index (χ1) is 18.5. The second-order valence-electron chi connectivity index (χ2n) is 12.1. The number of ether oxygens (including phenoxy) is 3. The Labute approximate surface area is 252 Å². The normalized spacial score (nSPS) is 21.9. The molecule has 1 aromatic carbocycles. The lowest BCUT2D eigenvalue weighted by atomic mass is 9.94. The molecule has 0 bridgehead atoms. The summed E-state index contributed by atoms with van der Waals surface area (Å²) in [5.74, 6) is -0.246. The third kappa shape index (κ3) is 11.3. The van der Waals surface area contributed by atoms with E-state index in [1.165, 1.54) is 12.5 Å². The number of carbonyl (C=O) groups is 1. The van der Waals surface area contributed by atoms with Crippen molar-refractivity contribution in [3.05, 3.63) is 35.9 Å². The first kappa shape index (κ1) is 34.7. The van der Waals surface area contributed by atoms with Crippen molar-refractivity contribution in [2.24, 2.45) is 0 Å². The number of alkyl halides is 1. The van der Waals surface area contributed by atoms with E-state index in [2.05, 4.69) is 76.3 Å². The van der Waals surface area contributed by atoms with E-state index in [9.17, 15) is 9.90 Å². The highest BCUT2D eigenvalue weighted by molar-refractivity contribution is 14.1. The number of hydrogen-bond donors (Lipinski definition) is 1. The van der Waals surface area contributed by atoms with Crippen LogP contribution in [0.2, 0.25) is 16.6 Å². The molecule has 0 spiro atoms. The Morgan fingerprint density at radius 2 is 1.69 bits per heavy atom. The molecule has 1 heterocycles. The van der Waals surface area contributed by atoms with Crippen molar-refractivity contribution in [2.45, 2.75) is 139 Å². The van der Waals surface area contributed by atoms with Crippen LogP contribution >= 0.6 is 22.6 Å². The van der Waals surface area contributed by atoms with E-state index < -0.39 is 14.4 Å². The molecule has 39 heavy (non-hydrogen) atoms. The number of halogens is 1. The number of hydrogen-bond acceptors (Lipinski definition) is 6. The van der Waals surface area contributed by atoms with Gasteiger partial charge in [0, 0.05) is 30.3 Å². The van der Waals surface area contributed by atoms with Crippen LogP contribution in [0.15, 0.2) is 30.3 Å². The van der Waals surface area contributed by atoms with Gasteiger partial charge in [-0.25, -0.2) is 0 Å². The number of carbonyl (C=O) groups excluding carboxylic acids is 1. The number of esters is 1. The molecule has 0 radical (unpaired) electrons. The fraction of sp³-hybridized carbons (Fsp3) is 0.774. The van der Waals surface area contributed by atoms with Crippen molar-refractivity contribution in [1.82, 2.24) is 0 Å². The highest BCUT2D eigenvalue weighted by Gasteiger charge is 2.45. The van der Waals surface area contributed by atoms with Gasteiger partial charge in [0.05, 0.1) is 31.5 Å². The molecule has 1 fully saturated rings. The molecule has 1 N–H and O–H groups in total. The molecular formula is C31H53IO6Si. The Kier molecular flexibility index (Phi) is 15.5. The smallest absolute Gasteiger partial charge is 0.302 e. The summed E-state index contributed by atoms with van der Waals surface area (Å²) >= 11 is 2.40. The molecule has 6 nitrogen and oxygen atoms in total. The van der Waals surface area contributed by atoms with Crippen LogP contribution in [0.3, 0.4) is 0 Å². The number of aliphatic hydroxyl groups excluding tert-OH is 1. The van der Waals surface area contributed by atoms with Crippen molar-refractivity contribution in [3.8, 4) is 0 Å². The number of rotatable bonds is 17.